The van der Waals surface area contributed by atoms with Gasteiger partial charge in [-0.05, 0) is 43.7 Å². The molecule has 0 aliphatic heterocycles. The summed E-state index contributed by atoms with van der Waals surface area (Å²) < 4.78 is 5.24. The van der Waals surface area contributed by atoms with Gasteiger partial charge in [-0.1, -0.05) is 35.9 Å². The van der Waals surface area contributed by atoms with Gasteiger partial charge in [-0.15, -0.1) is 0 Å². The van der Waals surface area contributed by atoms with Gasteiger partial charge in [0.2, 0.25) is 5.91 Å². The molecule has 4 nitrogen and oxygen atoms in total. The zero-order valence-corrected chi connectivity index (χ0v) is 14.2. The molecule has 2 rings (SSSR count). The van der Waals surface area contributed by atoms with Crippen LogP contribution in [0.4, 0.5) is 5.69 Å². The Kier molecular flexibility index (Phi) is 6.02. The monoisotopic (exact) mass is 332 g/mol. The van der Waals surface area contributed by atoms with Crippen molar-refractivity contribution in [2.75, 3.05) is 12.4 Å². The molecule has 0 radical (unpaired) electrons. The van der Waals surface area contributed by atoms with Crippen molar-refractivity contribution in [3.8, 4) is 5.75 Å². The highest BCUT2D eigenvalue weighted by Gasteiger charge is 2.17. The second-order valence-corrected chi connectivity index (χ2v) is 5.79. The number of ether oxygens (including phenoxy) is 1. The second-order valence-electron chi connectivity index (χ2n) is 5.35. The van der Waals surface area contributed by atoms with Crippen molar-refractivity contribution in [1.82, 2.24) is 5.32 Å². The summed E-state index contributed by atoms with van der Waals surface area (Å²) in [5, 5.41) is 6.83. The largest absolute Gasteiger partial charge is 0.495 e. The lowest BCUT2D eigenvalue weighted by Gasteiger charge is -2.20. The topological polar surface area (TPSA) is 50.4 Å². The summed E-state index contributed by atoms with van der Waals surface area (Å²) in [4.78, 5) is 12.4. The highest BCUT2D eigenvalue weighted by molar-refractivity contribution is 6.30. The Morgan fingerprint density at radius 3 is 2.57 bits per heavy atom. The highest BCUT2D eigenvalue weighted by Crippen LogP contribution is 2.23. The van der Waals surface area contributed by atoms with Crippen LogP contribution in [0.1, 0.15) is 25.5 Å². The maximum Gasteiger partial charge on any atom is 0.241 e. The fourth-order valence-electron chi connectivity index (χ4n) is 2.31. The van der Waals surface area contributed by atoms with Crippen LogP contribution in [0.15, 0.2) is 48.5 Å². The molecule has 122 valence electrons. The Hall–Kier alpha value is -2.04. The molecule has 2 aromatic rings. The van der Waals surface area contributed by atoms with Crippen LogP contribution in [-0.2, 0) is 4.79 Å². The van der Waals surface area contributed by atoms with Crippen molar-refractivity contribution in [3.05, 3.63) is 59.1 Å². The number of benzene rings is 2. The SMILES string of the molecule is COc1ccccc1NC(=O)C(C)NC(C)c1cccc(Cl)c1. The molecule has 0 aliphatic rings. The number of carbonyl (C=O) groups excluding carboxylic acids is 1. The van der Waals surface area contributed by atoms with Crippen molar-refractivity contribution in [2.45, 2.75) is 25.9 Å². The molecule has 0 fully saturated rings. The van der Waals surface area contributed by atoms with Crippen LogP contribution in [0.3, 0.4) is 0 Å². The minimum absolute atomic E-state index is 0.00659. The highest BCUT2D eigenvalue weighted by atomic mass is 35.5. The minimum atomic E-state index is -0.367. The van der Waals surface area contributed by atoms with E-state index in [1.807, 2.05) is 62.4 Å². The van der Waals surface area contributed by atoms with Gasteiger partial charge in [0.25, 0.3) is 0 Å². The summed E-state index contributed by atoms with van der Waals surface area (Å²) in [6.07, 6.45) is 0. The van der Waals surface area contributed by atoms with Gasteiger partial charge in [0.1, 0.15) is 5.75 Å². The smallest absolute Gasteiger partial charge is 0.241 e. The van der Waals surface area contributed by atoms with Crippen LogP contribution in [0.25, 0.3) is 0 Å². The first kappa shape index (κ1) is 17.3. The van der Waals surface area contributed by atoms with E-state index in [-0.39, 0.29) is 18.0 Å². The third-order valence-electron chi connectivity index (χ3n) is 3.61. The van der Waals surface area contributed by atoms with Gasteiger partial charge in [-0.3, -0.25) is 10.1 Å². The van der Waals surface area contributed by atoms with E-state index in [1.165, 1.54) is 0 Å². The number of hydrogen-bond acceptors (Lipinski definition) is 3. The maximum atomic E-state index is 12.4. The third-order valence-corrected chi connectivity index (χ3v) is 3.84. The van der Waals surface area contributed by atoms with Gasteiger partial charge in [0.15, 0.2) is 0 Å². The van der Waals surface area contributed by atoms with Gasteiger partial charge < -0.3 is 10.1 Å². The molecule has 0 saturated heterocycles. The number of anilines is 1. The van der Waals surface area contributed by atoms with E-state index in [2.05, 4.69) is 10.6 Å². The van der Waals surface area contributed by atoms with Gasteiger partial charge in [0, 0.05) is 11.1 Å². The molecule has 0 aliphatic carbocycles. The molecule has 0 heterocycles. The van der Waals surface area contributed by atoms with Crippen molar-refractivity contribution in [1.29, 1.82) is 0 Å². The van der Waals surface area contributed by atoms with Crippen LogP contribution in [0, 0.1) is 0 Å². The summed E-state index contributed by atoms with van der Waals surface area (Å²) in [5.41, 5.74) is 1.69. The van der Waals surface area contributed by atoms with Crippen LogP contribution in [0.2, 0.25) is 5.02 Å². The van der Waals surface area contributed by atoms with E-state index in [1.54, 1.807) is 7.11 Å². The molecular weight excluding hydrogens is 312 g/mol. The van der Waals surface area contributed by atoms with Crippen molar-refractivity contribution in [3.63, 3.8) is 0 Å². The summed E-state index contributed by atoms with van der Waals surface area (Å²) in [5.74, 6) is 0.513. The number of hydrogen-bond donors (Lipinski definition) is 2. The molecule has 2 unspecified atom stereocenters. The van der Waals surface area contributed by atoms with Crippen LogP contribution in [-0.4, -0.2) is 19.1 Å². The number of carbonyl (C=O) groups is 1. The summed E-state index contributed by atoms with van der Waals surface area (Å²) >= 11 is 6.01. The van der Waals surface area contributed by atoms with E-state index in [4.69, 9.17) is 16.3 Å². The predicted molar refractivity (Wildman–Crippen MR) is 94.1 cm³/mol. The van der Waals surface area contributed by atoms with Crippen LogP contribution in [0.5, 0.6) is 5.75 Å². The summed E-state index contributed by atoms with van der Waals surface area (Å²) in [6, 6.07) is 14.6. The third kappa shape index (κ3) is 4.71. The fraction of sp³-hybridized carbons (Fsp3) is 0.278. The van der Waals surface area contributed by atoms with E-state index in [0.29, 0.717) is 16.5 Å². The lowest BCUT2D eigenvalue weighted by molar-refractivity contribution is -0.117. The first-order valence-electron chi connectivity index (χ1n) is 7.46. The quantitative estimate of drug-likeness (QED) is 0.839. The van der Waals surface area contributed by atoms with E-state index < -0.39 is 0 Å². The minimum Gasteiger partial charge on any atom is -0.495 e. The zero-order valence-electron chi connectivity index (χ0n) is 13.5. The molecular formula is C18H21ClN2O2. The van der Waals surface area contributed by atoms with E-state index in [9.17, 15) is 4.79 Å². The van der Waals surface area contributed by atoms with Gasteiger partial charge in [-0.2, -0.15) is 0 Å². The molecule has 0 bridgehead atoms. The van der Waals surface area contributed by atoms with Gasteiger partial charge >= 0.3 is 0 Å². The van der Waals surface area contributed by atoms with Crippen LogP contribution < -0.4 is 15.4 Å². The summed E-state index contributed by atoms with van der Waals surface area (Å²) in [6.45, 7) is 3.82. The maximum absolute atomic E-state index is 12.4. The molecule has 0 saturated carbocycles. The molecule has 1 amide bonds. The number of methoxy groups -OCH3 is 1. The van der Waals surface area contributed by atoms with Crippen molar-refractivity contribution < 1.29 is 9.53 Å². The van der Waals surface area contributed by atoms with E-state index in [0.717, 1.165) is 5.56 Å². The van der Waals surface area contributed by atoms with Gasteiger partial charge in [-0.25, -0.2) is 0 Å². The lowest BCUT2D eigenvalue weighted by Crippen LogP contribution is -2.39. The van der Waals surface area contributed by atoms with Crippen molar-refractivity contribution >= 4 is 23.2 Å². The van der Waals surface area contributed by atoms with Gasteiger partial charge in [0.05, 0.1) is 18.8 Å². The molecule has 2 N–H and O–H groups in total. The number of para-hydroxylation sites is 2. The Morgan fingerprint density at radius 2 is 1.87 bits per heavy atom. The number of rotatable bonds is 6. The number of nitrogens with one attached hydrogen (secondary N) is 2. The van der Waals surface area contributed by atoms with E-state index >= 15 is 0 Å². The Morgan fingerprint density at radius 1 is 1.13 bits per heavy atom. The zero-order chi connectivity index (χ0) is 16.8. The Labute approximate surface area is 141 Å². The average Bonchev–Trinajstić information content (AvgIpc) is 2.55. The normalized spacial score (nSPS) is 13.2. The molecule has 5 heteroatoms. The van der Waals surface area contributed by atoms with Crippen LogP contribution >= 0.6 is 11.6 Å². The number of halogens is 1. The standard InChI is InChI=1S/C18H21ClN2O2/c1-12(14-7-6-8-15(19)11-14)20-13(2)18(22)21-16-9-4-5-10-17(16)23-3/h4-13,20H,1-3H3,(H,21,22). The van der Waals surface area contributed by atoms with Crippen molar-refractivity contribution in [2.24, 2.45) is 0 Å². The molecule has 0 spiro atoms. The number of amides is 1. The molecule has 23 heavy (non-hydrogen) atoms. The Balaban J connectivity index is 1.99. The molecule has 2 atom stereocenters. The average molecular weight is 333 g/mol. The fourth-order valence-corrected chi connectivity index (χ4v) is 2.51. The summed E-state index contributed by atoms with van der Waals surface area (Å²) in [7, 11) is 1.58. The lowest BCUT2D eigenvalue weighted by atomic mass is 10.1. The predicted octanol–water partition coefficient (Wildman–Crippen LogP) is 4.03. The second kappa shape index (κ2) is 7.99. The molecule has 2 aromatic carbocycles. The molecule has 0 aromatic heterocycles. The first-order valence-corrected chi connectivity index (χ1v) is 7.84. The first-order chi connectivity index (χ1) is 11.0. The Bertz CT molecular complexity index is 676.